The Morgan fingerprint density at radius 1 is 1.22 bits per heavy atom. The molecular formula is C22H19F4N3O3. The number of nitrogens with one attached hydrogen (secondary N) is 1. The molecule has 1 unspecified atom stereocenters. The number of amides is 1. The summed E-state index contributed by atoms with van der Waals surface area (Å²) in [5.74, 6) is -2.11. The number of hydrogen-bond acceptors (Lipinski definition) is 4. The summed E-state index contributed by atoms with van der Waals surface area (Å²) in [6.07, 6.45) is -4.49. The van der Waals surface area contributed by atoms with Crippen LogP contribution in [0.1, 0.15) is 34.5 Å². The van der Waals surface area contributed by atoms with E-state index in [9.17, 15) is 32.3 Å². The third-order valence-electron chi connectivity index (χ3n) is 5.67. The van der Waals surface area contributed by atoms with Crippen molar-refractivity contribution in [3.05, 3.63) is 69.3 Å². The summed E-state index contributed by atoms with van der Waals surface area (Å²) >= 11 is 0. The molecule has 168 valence electrons. The number of alkyl halides is 3. The van der Waals surface area contributed by atoms with Gasteiger partial charge < -0.3 is 19.9 Å². The van der Waals surface area contributed by atoms with Gasteiger partial charge in [-0.2, -0.15) is 13.2 Å². The molecule has 1 aliphatic heterocycles. The lowest BCUT2D eigenvalue weighted by Crippen LogP contribution is -2.40. The van der Waals surface area contributed by atoms with Crippen LogP contribution in [0, 0.1) is 5.82 Å². The van der Waals surface area contributed by atoms with Gasteiger partial charge in [0.25, 0.3) is 11.5 Å². The van der Waals surface area contributed by atoms with Crippen molar-refractivity contribution in [3.8, 4) is 5.75 Å². The zero-order valence-corrected chi connectivity index (χ0v) is 17.1. The van der Waals surface area contributed by atoms with Crippen LogP contribution >= 0.6 is 0 Å². The summed E-state index contributed by atoms with van der Waals surface area (Å²) < 4.78 is 54.5. The first-order valence-corrected chi connectivity index (χ1v) is 9.81. The van der Waals surface area contributed by atoms with Crippen molar-refractivity contribution >= 4 is 22.5 Å². The van der Waals surface area contributed by atoms with Crippen LogP contribution in [0.2, 0.25) is 0 Å². The van der Waals surface area contributed by atoms with Crippen LogP contribution in [0.5, 0.6) is 5.75 Å². The van der Waals surface area contributed by atoms with E-state index in [0.717, 1.165) is 18.2 Å². The van der Waals surface area contributed by atoms with Gasteiger partial charge in [-0.25, -0.2) is 4.39 Å². The molecule has 10 heteroatoms. The van der Waals surface area contributed by atoms with E-state index in [2.05, 4.69) is 5.32 Å². The summed E-state index contributed by atoms with van der Waals surface area (Å²) in [6.45, 7) is 1.84. The number of aromatic nitrogens is 1. The fourth-order valence-corrected chi connectivity index (χ4v) is 4.10. The number of benzene rings is 2. The molecule has 0 saturated heterocycles. The standard InChI is InChI=1S/C22H19F4N3O3/c1-3-27-20(31)17-19(30)14-8-13(23)9-15-18(14)29(21(17)32)10-16(28(15)2)11-4-6-12(7-5-11)22(24,25)26/h4-9,16,30H,3,10H2,1-2H3,(H,27,31). The number of carbonyl (C=O) groups excluding carboxylic acids is 1. The molecule has 2 N–H and O–H groups in total. The van der Waals surface area contributed by atoms with Crippen molar-refractivity contribution in [3.63, 3.8) is 0 Å². The van der Waals surface area contributed by atoms with Crippen LogP contribution < -0.4 is 15.8 Å². The van der Waals surface area contributed by atoms with Crippen molar-refractivity contribution in [2.45, 2.75) is 25.7 Å². The van der Waals surface area contributed by atoms with E-state index >= 15 is 0 Å². The smallest absolute Gasteiger partial charge is 0.416 e. The Balaban J connectivity index is 1.92. The highest BCUT2D eigenvalue weighted by molar-refractivity contribution is 6.05. The summed E-state index contributed by atoms with van der Waals surface area (Å²) in [5, 5.41) is 13.1. The Bertz CT molecular complexity index is 1280. The third kappa shape index (κ3) is 3.35. The molecule has 1 aromatic heterocycles. The van der Waals surface area contributed by atoms with Crippen LogP contribution in [0.15, 0.2) is 41.2 Å². The number of halogens is 4. The van der Waals surface area contributed by atoms with E-state index in [4.69, 9.17) is 0 Å². The summed E-state index contributed by atoms with van der Waals surface area (Å²) in [5.41, 5.74) is -1.10. The maximum absolute atomic E-state index is 14.4. The Labute approximate surface area is 179 Å². The number of nitrogens with zero attached hydrogens (tertiary/aromatic N) is 2. The number of hydrogen-bond donors (Lipinski definition) is 2. The van der Waals surface area contributed by atoms with Crippen molar-refractivity contribution in [2.24, 2.45) is 0 Å². The van der Waals surface area contributed by atoms with Crippen molar-refractivity contribution in [1.29, 1.82) is 0 Å². The predicted molar refractivity (Wildman–Crippen MR) is 110 cm³/mol. The Hall–Kier alpha value is -3.56. The molecule has 2 aromatic carbocycles. The molecule has 1 aliphatic rings. The first-order valence-electron chi connectivity index (χ1n) is 9.81. The minimum atomic E-state index is -4.49. The fraction of sp³-hybridized carbons (Fsp3) is 0.273. The normalized spacial score (nSPS) is 15.8. The molecule has 6 nitrogen and oxygen atoms in total. The Morgan fingerprint density at radius 3 is 2.47 bits per heavy atom. The molecule has 3 aromatic rings. The maximum Gasteiger partial charge on any atom is 0.416 e. The lowest BCUT2D eigenvalue weighted by atomic mass is 9.98. The molecule has 0 spiro atoms. The molecule has 0 radical (unpaired) electrons. The molecular weight excluding hydrogens is 430 g/mol. The van der Waals surface area contributed by atoms with Crippen LogP contribution in [-0.2, 0) is 12.7 Å². The van der Waals surface area contributed by atoms with Crippen molar-refractivity contribution in [2.75, 3.05) is 18.5 Å². The first-order chi connectivity index (χ1) is 15.0. The average Bonchev–Trinajstić information content (AvgIpc) is 2.73. The number of rotatable bonds is 3. The number of likely N-dealkylation sites (N-methyl/N-ethyl adjacent to an activating group) is 1. The number of aromatic hydroxyl groups is 1. The summed E-state index contributed by atoms with van der Waals surface area (Å²) in [7, 11) is 1.62. The van der Waals surface area contributed by atoms with Gasteiger partial charge in [-0.1, -0.05) is 12.1 Å². The third-order valence-corrected chi connectivity index (χ3v) is 5.67. The molecule has 1 amide bonds. The number of carbonyl (C=O) groups is 1. The van der Waals surface area contributed by atoms with E-state index in [0.29, 0.717) is 5.56 Å². The van der Waals surface area contributed by atoms with E-state index < -0.39 is 46.4 Å². The van der Waals surface area contributed by atoms with Crippen LogP contribution in [0.3, 0.4) is 0 Å². The monoisotopic (exact) mass is 449 g/mol. The molecule has 0 fully saturated rings. The van der Waals surface area contributed by atoms with Gasteiger partial charge in [0.1, 0.15) is 17.1 Å². The number of anilines is 1. The Kier molecular flexibility index (Phi) is 5.10. The second-order valence-corrected chi connectivity index (χ2v) is 7.57. The lowest BCUT2D eigenvalue weighted by Gasteiger charge is -2.37. The van der Waals surface area contributed by atoms with E-state index in [-0.39, 0.29) is 29.7 Å². The van der Waals surface area contributed by atoms with E-state index in [1.165, 1.54) is 22.8 Å². The maximum atomic E-state index is 14.4. The minimum Gasteiger partial charge on any atom is -0.506 e. The highest BCUT2D eigenvalue weighted by Crippen LogP contribution is 2.41. The van der Waals surface area contributed by atoms with Crippen LogP contribution in [0.4, 0.5) is 23.2 Å². The molecule has 0 bridgehead atoms. The van der Waals surface area contributed by atoms with Crippen LogP contribution in [-0.4, -0.2) is 29.2 Å². The van der Waals surface area contributed by atoms with Gasteiger partial charge in [0.2, 0.25) is 0 Å². The van der Waals surface area contributed by atoms with Gasteiger partial charge in [-0.15, -0.1) is 0 Å². The van der Waals surface area contributed by atoms with Gasteiger partial charge in [0.05, 0.1) is 29.4 Å². The summed E-state index contributed by atoms with van der Waals surface area (Å²) in [4.78, 5) is 27.2. The van der Waals surface area contributed by atoms with Crippen molar-refractivity contribution in [1.82, 2.24) is 9.88 Å². The molecule has 4 rings (SSSR count). The topological polar surface area (TPSA) is 74.6 Å². The fourth-order valence-electron chi connectivity index (χ4n) is 4.10. The SMILES string of the molecule is CCNC(=O)c1c(O)c2cc(F)cc3c2n(c1=O)CC(c1ccc(C(F)(F)F)cc1)N3C. The highest BCUT2D eigenvalue weighted by atomic mass is 19.4. The Morgan fingerprint density at radius 2 is 1.88 bits per heavy atom. The lowest BCUT2D eigenvalue weighted by molar-refractivity contribution is -0.137. The largest absolute Gasteiger partial charge is 0.506 e. The molecule has 1 atom stereocenters. The second-order valence-electron chi connectivity index (χ2n) is 7.57. The molecule has 0 saturated carbocycles. The quantitative estimate of drug-likeness (QED) is 0.597. The first kappa shape index (κ1) is 21.7. The minimum absolute atomic E-state index is 0.00132. The predicted octanol–water partition coefficient (Wildman–Crippen LogP) is 3.81. The zero-order valence-electron chi connectivity index (χ0n) is 17.1. The molecule has 2 heterocycles. The molecule has 0 aliphatic carbocycles. The van der Waals surface area contributed by atoms with Gasteiger partial charge in [0, 0.05) is 19.0 Å². The molecule has 32 heavy (non-hydrogen) atoms. The average molecular weight is 449 g/mol. The van der Waals surface area contributed by atoms with Gasteiger partial charge in [-0.05, 0) is 36.8 Å². The van der Waals surface area contributed by atoms with Gasteiger partial charge in [0.15, 0.2) is 0 Å². The van der Waals surface area contributed by atoms with E-state index in [1.54, 1.807) is 18.9 Å². The van der Waals surface area contributed by atoms with E-state index in [1.807, 2.05) is 0 Å². The van der Waals surface area contributed by atoms with Crippen LogP contribution in [0.25, 0.3) is 10.9 Å². The van der Waals surface area contributed by atoms with Crippen molar-refractivity contribution < 1.29 is 27.5 Å². The van der Waals surface area contributed by atoms with Gasteiger partial charge >= 0.3 is 6.18 Å². The zero-order chi connectivity index (χ0) is 23.4. The second kappa shape index (κ2) is 7.54. The summed E-state index contributed by atoms with van der Waals surface area (Å²) in [6, 6.07) is 6.11. The highest BCUT2D eigenvalue weighted by Gasteiger charge is 2.34. The van der Waals surface area contributed by atoms with Gasteiger partial charge in [-0.3, -0.25) is 9.59 Å². The number of pyridine rings is 1.